The van der Waals surface area contributed by atoms with Crippen molar-refractivity contribution in [2.75, 3.05) is 7.05 Å². The van der Waals surface area contributed by atoms with E-state index in [4.69, 9.17) is 0 Å². The van der Waals surface area contributed by atoms with E-state index in [1.54, 1.807) is 11.1 Å². The summed E-state index contributed by atoms with van der Waals surface area (Å²) in [7, 11) is 1.87. The highest BCUT2D eigenvalue weighted by molar-refractivity contribution is 5.79. The van der Waals surface area contributed by atoms with Gasteiger partial charge in [0.1, 0.15) is 0 Å². The van der Waals surface area contributed by atoms with Gasteiger partial charge in [0.2, 0.25) is 5.91 Å². The monoisotopic (exact) mass is 218 g/mol. The normalized spacial score (nSPS) is 15.6. The SMILES string of the molecule is Cc1cccnc1CN(C)C(=O)C1CCC1. The van der Waals surface area contributed by atoms with Gasteiger partial charge >= 0.3 is 0 Å². The highest BCUT2D eigenvalue weighted by atomic mass is 16.2. The number of rotatable bonds is 3. The van der Waals surface area contributed by atoms with E-state index in [1.807, 2.05) is 26.1 Å². The van der Waals surface area contributed by atoms with E-state index in [0.717, 1.165) is 24.1 Å². The first kappa shape index (κ1) is 11.1. The molecule has 2 rings (SSSR count). The van der Waals surface area contributed by atoms with Gasteiger partial charge in [0.05, 0.1) is 12.2 Å². The maximum Gasteiger partial charge on any atom is 0.225 e. The molecule has 0 spiro atoms. The molecular weight excluding hydrogens is 200 g/mol. The van der Waals surface area contributed by atoms with E-state index < -0.39 is 0 Å². The number of nitrogens with zero attached hydrogens (tertiary/aromatic N) is 2. The van der Waals surface area contributed by atoms with Crippen molar-refractivity contribution in [3.05, 3.63) is 29.6 Å². The first-order valence-corrected chi connectivity index (χ1v) is 5.84. The largest absolute Gasteiger partial charge is 0.340 e. The summed E-state index contributed by atoms with van der Waals surface area (Å²) in [5.41, 5.74) is 2.15. The fourth-order valence-electron chi connectivity index (χ4n) is 1.95. The number of aromatic nitrogens is 1. The van der Waals surface area contributed by atoms with Crippen LogP contribution in [0.25, 0.3) is 0 Å². The third-order valence-corrected chi connectivity index (χ3v) is 3.34. The number of aryl methyl sites for hydroxylation is 1. The fourth-order valence-corrected chi connectivity index (χ4v) is 1.95. The van der Waals surface area contributed by atoms with Crippen molar-refractivity contribution in [1.29, 1.82) is 0 Å². The lowest BCUT2D eigenvalue weighted by Crippen LogP contribution is -2.36. The number of amides is 1. The van der Waals surface area contributed by atoms with Gasteiger partial charge in [-0.25, -0.2) is 0 Å². The summed E-state index contributed by atoms with van der Waals surface area (Å²) in [6.07, 6.45) is 5.10. The molecule has 1 saturated carbocycles. The van der Waals surface area contributed by atoms with Gasteiger partial charge in [-0.15, -0.1) is 0 Å². The molecule has 3 nitrogen and oxygen atoms in total. The van der Waals surface area contributed by atoms with Crippen LogP contribution < -0.4 is 0 Å². The standard InChI is InChI=1S/C13H18N2O/c1-10-5-4-8-14-12(10)9-15(2)13(16)11-6-3-7-11/h4-5,8,11H,3,6-7,9H2,1-2H3. The van der Waals surface area contributed by atoms with Crippen LogP contribution in [0.5, 0.6) is 0 Å². The summed E-state index contributed by atoms with van der Waals surface area (Å²) < 4.78 is 0. The zero-order valence-corrected chi connectivity index (χ0v) is 9.94. The number of hydrogen-bond donors (Lipinski definition) is 0. The van der Waals surface area contributed by atoms with E-state index in [-0.39, 0.29) is 11.8 Å². The Morgan fingerprint density at radius 1 is 1.56 bits per heavy atom. The van der Waals surface area contributed by atoms with Crippen molar-refractivity contribution in [1.82, 2.24) is 9.88 Å². The predicted molar refractivity (Wildman–Crippen MR) is 62.8 cm³/mol. The minimum Gasteiger partial charge on any atom is -0.340 e. The number of carbonyl (C=O) groups is 1. The molecule has 0 N–H and O–H groups in total. The first-order chi connectivity index (χ1) is 7.68. The molecule has 16 heavy (non-hydrogen) atoms. The summed E-state index contributed by atoms with van der Waals surface area (Å²) in [5, 5.41) is 0. The van der Waals surface area contributed by atoms with Crippen LogP contribution in [0.3, 0.4) is 0 Å². The minimum absolute atomic E-state index is 0.272. The van der Waals surface area contributed by atoms with Gasteiger partial charge in [-0.05, 0) is 31.4 Å². The Kier molecular flexibility index (Phi) is 3.22. The molecule has 0 bridgehead atoms. The second kappa shape index (κ2) is 4.64. The zero-order chi connectivity index (χ0) is 11.5. The zero-order valence-electron chi connectivity index (χ0n) is 9.94. The quantitative estimate of drug-likeness (QED) is 0.778. The Balaban J connectivity index is 1.98. The van der Waals surface area contributed by atoms with Gasteiger partial charge in [0.15, 0.2) is 0 Å². The molecular formula is C13H18N2O. The van der Waals surface area contributed by atoms with E-state index in [0.29, 0.717) is 6.54 Å². The van der Waals surface area contributed by atoms with E-state index in [2.05, 4.69) is 4.98 Å². The van der Waals surface area contributed by atoms with Crippen molar-refractivity contribution >= 4 is 5.91 Å². The summed E-state index contributed by atoms with van der Waals surface area (Å²) in [5.74, 6) is 0.547. The van der Waals surface area contributed by atoms with Crippen LogP contribution in [0.2, 0.25) is 0 Å². The summed E-state index contributed by atoms with van der Waals surface area (Å²) >= 11 is 0. The van der Waals surface area contributed by atoms with Gasteiger partial charge in [0, 0.05) is 19.2 Å². The second-order valence-electron chi connectivity index (χ2n) is 4.59. The molecule has 1 amide bonds. The van der Waals surface area contributed by atoms with Gasteiger partial charge in [-0.3, -0.25) is 9.78 Å². The smallest absolute Gasteiger partial charge is 0.225 e. The number of hydrogen-bond acceptors (Lipinski definition) is 2. The molecule has 0 saturated heterocycles. The summed E-state index contributed by atoms with van der Waals surface area (Å²) in [6, 6.07) is 3.95. The van der Waals surface area contributed by atoms with Crippen molar-refractivity contribution in [3.8, 4) is 0 Å². The molecule has 1 aliphatic carbocycles. The molecule has 0 atom stereocenters. The van der Waals surface area contributed by atoms with Gasteiger partial charge in [-0.1, -0.05) is 12.5 Å². The minimum atomic E-state index is 0.272. The summed E-state index contributed by atoms with van der Waals surface area (Å²) in [4.78, 5) is 18.1. The van der Waals surface area contributed by atoms with Gasteiger partial charge in [0.25, 0.3) is 0 Å². The predicted octanol–water partition coefficient (Wildman–Crippen LogP) is 2.15. The molecule has 86 valence electrons. The molecule has 0 radical (unpaired) electrons. The van der Waals surface area contributed by atoms with Gasteiger partial charge in [-0.2, -0.15) is 0 Å². The number of carbonyl (C=O) groups excluding carboxylic acids is 1. The maximum absolute atomic E-state index is 11.9. The summed E-state index contributed by atoms with van der Waals surface area (Å²) in [6.45, 7) is 2.66. The lowest BCUT2D eigenvalue weighted by molar-refractivity contribution is -0.137. The lowest BCUT2D eigenvalue weighted by atomic mass is 9.84. The topological polar surface area (TPSA) is 33.2 Å². The molecule has 1 aromatic rings. The Hall–Kier alpha value is -1.38. The fraction of sp³-hybridized carbons (Fsp3) is 0.538. The van der Waals surface area contributed by atoms with E-state index in [1.165, 1.54) is 6.42 Å². The van der Waals surface area contributed by atoms with Crippen molar-refractivity contribution < 1.29 is 4.79 Å². The van der Waals surface area contributed by atoms with Crippen LogP contribution >= 0.6 is 0 Å². The first-order valence-electron chi connectivity index (χ1n) is 5.84. The molecule has 1 aromatic heterocycles. The Bertz CT molecular complexity index is 385. The van der Waals surface area contributed by atoms with Crippen molar-refractivity contribution in [2.45, 2.75) is 32.7 Å². The maximum atomic E-state index is 11.9. The molecule has 0 aliphatic heterocycles. The van der Waals surface area contributed by atoms with Crippen LogP contribution in [0.4, 0.5) is 0 Å². The molecule has 1 fully saturated rings. The Labute approximate surface area is 96.5 Å². The highest BCUT2D eigenvalue weighted by Crippen LogP contribution is 2.28. The number of pyridine rings is 1. The molecule has 3 heteroatoms. The average molecular weight is 218 g/mol. The van der Waals surface area contributed by atoms with Crippen LogP contribution in [0.1, 0.15) is 30.5 Å². The van der Waals surface area contributed by atoms with E-state index >= 15 is 0 Å². The van der Waals surface area contributed by atoms with Crippen molar-refractivity contribution in [2.24, 2.45) is 5.92 Å². The third-order valence-electron chi connectivity index (χ3n) is 3.34. The highest BCUT2D eigenvalue weighted by Gasteiger charge is 2.27. The van der Waals surface area contributed by atoms with Crippen LogP contribution in [-0.4, -0.2) is 22.8 Å². The third kappa shape index (κ3) is 2.23. The molecule has 0 aromatic carbocycles. The van der Waals surface area contributed by atoms with Crippen LogP contribution in [0, 0.1) is 12.8 Å². The van der Waals surface area contributed by atoms with Gasteiger partial charge < -0.3 is 4.90 Å². The Morgan fingerprint density at radius 2 is 2.31 bits per heavy atom. The Morgan fingerprint density at radius 3 is 2.88 bits per heavy atom. The molecule has 1 aliphatic rings. The molecule has 1 heterocycles. The lowest BCUT2D eigenvalue weighted by Gasteiger charge is -2.29. The molecule has 0 unspecified atom stereocenters. The van der Waals surface area contributed by atoms with Crippen LogP contribution in [0.15, 0.2) is 18.3 Å². The van der Waals surface area contributed by atoms with E-state index in [9.17, 15) is 4.79 Å². The average Bonchev–Trinajstić information content (AvgIpc) is 2.18. The van der Waals surface area contributed by atoms with Crippen LogP contribution in [-0.2, 0) is 11.3 Å². The second-order valence-corrected chi connectivity index (χ2v) is 4.59. The van der Waals surface area contributed by atoms with Crippen molar-refractivity contribution in [3.63, 3.8) is 0 Å².